The lowest BCUT2D eigenvalue weighted by molar-refractivity contribution is -0.142. The summed E-state index contributed by atoms with van der Waals surface area (Å²) < 4.78 is 12.0. The number of Topliss-reactive ketones (excluding diaryl/α,β-unsaturated/α-hetero) is 1. The van der Waals surface area contributed by atoms with E-state index in [9.17, 15) is 14.4 Å². The molecule has 2 aliphatic rings. The predicted octanol–water partition coefficient (Wildman–Crippen LogP) is 4.74. The van der Waals surface area contributed by atoms with Gasteiger partial charge in [-0.1, -0.05) is 76.6 Å². The molecule has 8 heteroatoms. The number of ether oxygens (including phenoxy) is 2. The van der Waals surface area contributed by atoms with E-state index in [0.717, 1.165) is 5.56 Å². The Bertz CT molecular complexity index is 1460. The molecule has 0 aromatic heterocycles. The SMILES string of the molecule is CC1=C(C(=O)c2ccccc2)[C@]2(C(=O)Nc3ccc(Br)cc32)C(C(=O)OCc2ccccc2)=C(N)O1. The van der Waals surface area contributed by atoms with Crippen LogP contribution in [0.25, 0.3) is 0 Å². The van der Waals surface area contributed by atoms with E-state index in [1.165, 1.54) is 0 Å². The summed E-state index contributed by atoms with van der Waals surface area (Å²) in [4.78, 5) is 41.4. The number of benzene rings is 3. The van der Waals surface area contributed by atoms with E-state index < -0.39 is 23.1 Å². The number of nitrogens with two attached hydrogens (primary N) is 1. The van der Waals surface area contributed by atoms with Crippen LogP contribution in [0.3, 0.4) is 0 Å². The molecule has 1 atom stereocenters. The number of rotatable bonds is 5. The van der Waals surface area contributed by atoms with Crippen molar-refractivity contribution in [3.05, 3.63) is 123 Å². The van der Waals surface area contributed by atoms with E-state index in [-0.39, 0.29) is 29.4 Å². The van der Waals surface area contributed by atoms with E-state index >= 15 is 0 Å². The second-order valence-corrected chi connectivity index (χ2v) is 9.34. The van der Waals surface area contributed by atoms with Gasteiger partial charge in [-0.3, -0.25) is 9.59 Å². The molecule has 0 saturated heterocycles. The Morgan fingerprint density at radius 2 is 1.67 bits per heavy atom. The fourth-order valence-electron chi connectivity index (χ4n) is 4.72. The Kier molecular flexibility index (Phi) is 5.97. The van der Waals surface area contributed by atoms with Gasteiger partial charge in [0, 0.05) is 21.3 Å². The molecule has 0 fully saturated rings. The average Bonchev–Trinajstić information content (AvgIpc) is 3.14. The number of allylic oxidation sites excluding steroid dienone is 1. The Balaban J connectivity index is 1.70. The van der Waals surface area contributed by atoms with E-state index in [4.69, 9.17) is 15.2 Å². The van der Waals surface area contributed by atoms with Gasteiger partial charge in [-0.15, -0.1) is 0 Å². The summed E-state index contributed by atoms with van der Waals surface area (Å²) in [6.07, 6.45) is 0. The fourth-order valence-corrected chi connectivity index (χ4v) is 5.09. The number of hydrogen-bond acceptors (Lipinski definition) is 6. The quantitative estimate of drug-likeness (QED) is 0.354. The number of fused-ring (bicyclic) bond motifs is 2. The maximum atomic E-state index is 13.9. The largest absolute Gasteiger partial charge is 0.457 e. The third kappa shape index (κ3) is 3.70. The maximum Gasteiger partial charge on any atom is 0.341 e. The van der Waals surface area contributed by atoms with Crippen molar-refractivity contribution in [2.24, 2.45) is 5.73 Å². The van der Waals surface area contributed by atoms with Crippen molar-refractivity contribution in [1.29, 1.82) is 0 Å². The Morgan fingerprint density at radius 3 is 2.36 bits per heavy atom. The molecule has 180 valence electrons. The fraction of sp³-hybridized carbons (Fsp3) is 0.107. The zero-order chi connectivity index (χ0) is 25.4. The van der Waals surface area contributed by atoms with Gasteiger partial charge >= 0.3 is 5.97 Å². The van der Waals surface area contributed by atoms with Crippen molar-refractivity contribution >= 4 is 39.3 Å². The van der Waals surface area contributed by atoms with Crippen LogP contribution < -0.4 is 11.1 Å². The van der Waals surface area contributed by atoms with Crippen molar-refractivity contribution in [3.63, 3.8) is 0 Å². The minimum absolute atomic E-state index is 0.00362. The van der Waals surface area contributed by atoms with Crippen molar-refractivity contribution < 1.29 is 23.9 Å². The monoisotopic (exact) mass is 544 g/mol. The van der Waals surface area contributed by atoms with Crippen molar-refractivity contribution in [2.75, 3.05) is 5.32 Å². The Hall–Kier alpha value is -4.17. The number of amides is 1. The Morgan fingerprint density at radius 1 is 1.00 bits per heavy atom. The van der Waals surface area contributed by atoms with Crippen LogP contribution >= 0.6 is 15.9 Å². The third-order valence-corrected chi connectivity index (χ3v) is 6.76. The molecule has 2 heterocycles. The van der Waals surface area contributed by atoms with Crippen LogP contribution in [0.5, 0.6) is 0 Å². The van der Waals surface area contributed by atoms with Crippen LogP contribution in [0.2, 0.25) is 0 Å². The topological polar surface area (TPSA) is 108 Å². The van der Waals surface area contributed by atoms with Gasteiger partial charge in [-0.05, 0) is 30.7 Å². The minimum Gasteiger partial charge on any atom is -0.457 e. The summed E-state index contributed by atoms with van der Waals surface area (Å²) >= 11 is 3.45. The van der Waals surface area contributed by atoms with Crippen LogP contribution in [0, 0.1) is 0 Å². The lowest BCUT2D eigenvalue weighted by Gasteiger charge is -2.36. The van der Waals surface area contributed by atoms with Crippen LogP contribution in [0.15, 0.2) is 106 Å². The molecule has 2 aliphatic heterocycles. The zero-order valence-corrected chi connectivity index (χ0v) is 20.8. The first-order chi connectivity index (χ1) is 17.3. The van der Waals surface area contributed by atoms with Gasteiger partial charge in [0.25, 0.3) is 0 Å². The highest BCUT2D eigenvalue weighted by Gasteiger charge is 2.61. The van der Waals surface area contributed by atoms with Crippen molar-refractivity contribution in [2.45, 2.75) is 18.9 Å². The van der Waals surface area contributed by atoms with E-state index in [1.807, 2.05) is 18.2 Å². The maximum absolute atomic E-state index is 13.9. The normalized spacial score (nSPS) is 18.6. The van der Waals surface area contributed by atoms with E-state index in [2.05, 4.69) is 21.2 Å². The number of anilines is 1. The molecule has 36 heavy (non-hydrogen) atoms. The molecule has 0 saturated carbocycles. The van der Waals surface area contributed by atoms with E-state index in [0.29, 0.717) is 21.3 Å². The van der Waals surface area contributed by atoms with Gasteiger partial charge < -0.3 is 20.5 Å². The summed E-state index contributed by atoms with van der Waals surface area (Å²) in [5.74, 6) is -2.07. The summed E-state index contributed by atoms with van der Waals surface area (Å²) in [7, 11) is 0. The molecular weight excluding hydrogens is 524 g/mol. The Labute approximate surface area is 215 Å². The molecule has 0 unspecified atom stereocenters. The van der Waals surface area contributed by atoms with E-state index in [1.54, 1.807) is 67.6 Å². The highest BCUT2D eigenvalue weighted by atomic mass is 79.9. The smallest absolute Gasteiger partial charge is 0.341 e. The first-order valence-corrected chi connectivity index (χ1v) is 11.9. The third-order valence-electron chi connectivity index (χ3n) is 6.27. The van der Waals surface area contributed by atoms with Crippen LogP contribution in [0.4, 0.5) is 5.69 Å². The lowest BCUT2D eigenvalue weighted by atomic mass is 9.66. The summed E-state index contributed by atoms with van der Waals surface area (Å²) in [6, 6.07) is 22.8. The number of esters is 1. The first kappa shape index (κ1) is 23.6. The van der Waals surface area contributed by atoms with Crippen molar-refractivity contribution in [3.8, 4) is 0 Å². The van der Waals surface area contributed by atoms with Gasteiger partial charge in [0.15, 0.2) is 5.78 Å². The van der Waals surface area contributed by atoms with Crippen molar-refractivity contribution in [1.82, 2.24) is 0 Å². The number of ketones is 1. The number of carbonyl (C=O) groups is 3. The van der Waals surface area contributed by atoms with Gasteiger partial charge in [-0.2, -0.15) is 0 Å². The van der Waals surface area contributed by atoms with Gasteiger partial charge in [0.1, 0.15) is 23.4 Å². The molecule has 0 radical (unpaired) electrons. The molecule has 1 amide bonds. The molecule has 1 spiro atoms. The van der Waals surface area contributed by atoms with Crippen LogP contribution in [-0.4, -0.2) is 17.7 Å². The predicted molar refractivity (Wildman–Crippen MR) is 136 cm³/mol. The number of nitrogens with one attached hydrogen (secondary N) is 1. The van der Waals surface area contributed by atoms with Gasteiger partial charge in [0.05, 0.1) is 5.57 Å². The standard InChI is InChI=1S/C28H21BrN2O5/c1-16-22(24(32)18-10-6-3-7-11-18)28(20-14-19(29)12-13-21(20)31-27(28)34)23(25(30)36-16)26(33)35-15-17-8-4-2-5-9-17/h2-14H,15,30H2,1H3,(H,31,34)/t28-/m0/s1. The summed E-state index contributed by atoms with van der Waals surface area (Å²) in [6.45, 7) is 1.50. The highest BCUT2D eigenvalue weighted by molar-refractivity contribution is 9.10. The number of hydrogen-bond donors (Lipinski definition) is 2. The molecule has 3 N–H and O–H groups in total. The summed E-state index contributed by atoms with van der Waals surface area (Å²) in [5.41, 5.74) is 6.11. The molecule has 7 nitrogen and oxygen atoms in total. The van der Waals surface area contributed by atoms with Crippen LogP contribution in [0.1, 0.15) is 28.4 Å². The lowest BCUT2D eigenvalue weighted by Crippen LogP contribution is -2.48. The molecule has 0 bridgehead atoms. The molecular formula is C28H21BrN2O5. The molecule has 0 aliphatic carbocycles. The second kappa shape index (κ2) is 9.13. The molecule has 5 rings (SSSR count). The summed E-state index contributed by atoms with van der Waals surface area (Å²) in [5, 5.41) is 2.82. The van der Waals surface area contributed by atoms with Gasteiger partial charge in [0.2, 0.25) is 11.8 Å². The molecule has 3 aromatic rings. The first-order valence-electron chi connectivity index (χ1n) is 11.2. The minimum atomic E-state index is -1.87. The second-order valence-electron chi connectivity index (χ2n) is 8.42. The highest BCUT2D eigenvalue weighted by Crippen LogP contribution is 2.53. The average molecular weight is 545 g/mol. The number of halogens is 1. The zero-order valence-electron chi connectivity index (χ0n) is 19.2. The molecule has 3 aromatic carbocycles. The van der Waals surface area contributed by atoms with Gasteiger partial charge in [-0.25, -0.2) is 4.79 Å². The van der Waals surface area contributed by atoms with Crippen LogP contribution in [-0.2, 0) is 31.1 Å². The number of carbonyl (C=O) groups excluding carboxylic acids is 3.